The summed E-state index contributed by atoms with van der Waals surface area (Å²) in [5.74, 6) is -0.321. The molecule has 0 saturated carbocycles. The molecule has 17 heavy (non-hydrogen) atoms. The molecule has 1 heterocycles. The van der Waals surface area contributed by atoms with E-state index in [1.807, 2.05) is 6.92 Å². The molecule has 0 aliphatic rings. The Morgan fingerprint density at radius 1 is 1.24 bits per heavy atom. The molecule has 0 radical (unpaired) electrons. The average Bonchev–Trinajstić information content (AvgIpc) is 2.55. The molecule has 94 valence electrons. The van der Waals surface area contributed by atoms with Gasteiger partial charge in [0.15, 0.2) is 5.78 Å². The van der Waals surface area contributed by atoms with Crippen molar-refractivity contribution in [2.24, 2.45) is 0 Å². The Morgan fingerprint density at radius 2 is 1.88 bits per heavy atom. The summed E-state index contributed by atoms with van der Waals surface area (Å²) >= 11 is 0. The summed E-state index contributed by atoms with van der Waals surface area (Å²) in [5, 5.41) is 0. The van der Waals surface area contributed by atoms with E-state index in [0.29, 0.717) is 35.5 Å². The van der Waals surface area contributed by atoms with Crippen molar-refractivity contribution >= 4 is 11.8 Å². The molecule has 0 fully saturated rings. The summed E-state index contributed by atoms with van der Waals surface area (Å²) in [6.07, 6.45) is 1.29. The number of H-pyrrole nitrogens is 1. The molecule has 0 unspecified atom stereocenters. The molecule has 1 N–H and O–H groups in total. The molecule has 4 nitrogen and oxygen atoms in total. The summed E-state index contributed by atoms with van der Waals surface area (Å²) in [6, 6.07) is 0. The Labute approximate surface area is 101 Å². The molecule has 1 aromatic heterocycles. The first kappa shape index (κ1) is 13.5. The van der Waals surface area contributed by atoms with Gasteiger partial charge in [-0.3, -0.25) is 4.79 Å². The van der Waals surface area contributed by atoms with Gasteiger partial charge in [-0.2, -0.15) is 0 Å². The molecule has 0 atom stereocenters. The maximum Gasteiger partial charge on any atom is 0.340 e. The highest BCUT2D eigenvalue weighted by Crippen LogP contribution is 2.20. The van der Waals surface area contributed by atoms with Crippen LogP contribution < -0.4 is 0 Å². The van der Waals surface area contributed by atoms with Gasteiger partial charge in [0.2, 0.25) is 0 Å². The van der Waals surface area contributed by atoms with Gasteiger partial charge in [-0.05, 0) is 32.8 Å². The SMILES string of the molecule is CCCC(=O)c1[nH]c(C)c(C(=O)OCC)c1C. The summed E-state index contributed by atoms with van der Waals surface area (Å²) in [7, 11) is 0. The highest BCUT2D eigenvalue weighted by atomic mass is 16.5. The maximum absolute atomic E-state index is 11.8. The molecule has 0 amide bonds. The van der Waals surface area contributed by atoms with E-state index >= 15 is 0 Å². The Morgan fingerprint density at radius 3 is 2.41 bits per heavy atom. The summed E-state index contributed by atoms with van der Waals surface area (Å²) in [4.78, 5) is 26.5. The first-order valence-corrected chi connectivity index (χ1v) is 5.92. The van der Waals surface area contributed by atoms with Gasteiger partial charge in [0.25, 0.3) is 0 Å². The van der Waals surface area contributed by atoms with Gasteiger partial charge >= 0.3 is 5.97 Å². The van der Waals surface area contributed by atoms with Crippen molar-refractivity contribution in [3.63, 3.8) is 0 Å². The number of carbonyl (C=O) groups is 2. The second-order valence-electron chi connectivity index (χ2n) is 4.02. The molecule has 0 bridgehead atoms. The molecular weight excluding hydrogens is 218 g/mol. The van der Waals surface area contributed by atoms with Crippen molar-refractivity contribution in [1.29, 1.82) is 0 Å². The fourth-order valence-electron chi connectivity index (χ4n) is 1.89. The van der Waals surface area contributed by atoms with E-state index in [1.54, 1.807) is 20.8 Å². The first-order chi connectivity index (χ1) is 8.02. The quantitative estimate of drug-likeness (QED) is 0.632. The van der Waals surface area contributed by atoms with E-state index in [9.17, 15) is 9.59 Å². The Kier molecular flexibility index (Phi) is 4.49. The predicted octanol–water partition coefficient (Wildman–Crippen LogP) is 2.79. The van der Waals surface area contributed by atoms with Crippen molar-refractivity contribution < 1.29 is 14.3 Å². The number of carbonyl (C=O) groups excluding carboxylic acids is 2. The van der Waals surface area contributed by atoms with Crippen LogP contribution in [0.3, 0.4) is 0 Å². The number of aromatic nitrogens is 1. The van der Waals surface area contributed by atoms with Crippen molar-refractivity contribution in [3.05, 3.63) is 22.5 Å². The van der Waals surface area contributed by atoms with Crippen molar-refractivity contribution in [2.45, 2.75) is 40.5 Å². The van der Waals surface area contributed by atoms with Crippen LogP contribution in [0.4, 0.5) is 0 Å². The van der Waals surface area contributed by atoms with Crippen LogP contribution in [0.1, 0.15) is 58.8 Å². The van der Waals surface area contributed by atoms with Gasteiger partial charge in [0.1, 0.15) is 0 Å². The van der Waals surface area contributed by atoms with Gasteiger partial charge in [0.05, 0.1) is 17.9 Å². The predicted molar refractivity (Wildman–Crippen MR) is 65.5 cm³/mol. The third-order valence-corrected chi connectivity index (χ3v) is 2.67. The fourth-order valence-corrected chi connectivity index (χ4v) is 1.89. The second-order valence-corrected chi connectivity index (χ2v) is 4.02. The lowest BCUT2D eigenvalue weighted by molar-refractivity contribution is 0.0525. The minimum Gasteiger partial charge on any atom is -0.462 e. The number of nitrogens with one attached hydrogen (secondary N) is 1. The first-order valence-electron chi connectivity index (χ1n) is 5.92. The fraction of sp³-hybridized carbons (Fsp3) is 0.538. The topological polar surface area (TPSA) is 59.2 Å². The number of rotatable bonds is 5. The highest BCUT2D eigenvalue weighted by Gasteiger charge is 2.21. The van der Waals surface area contributed by atoms with Crippen LogP contribution in [0.15, 0.2) is 0 Å². The molecule has 1 aromatic rings. The molecule has 0 aliphatic heterocycles. The molecule has 0 saturated heterocycles. The number of esters is 1. The van der Waals surface area contributed by atoms with Gasteiger partial charge in [-0.15, -0.1) is 0 Å². The number of Topliss-reactive ketones (excluding diaryl/α,β-unsaturated/α-hetero) is 1. The summed E-state index contributed by atoms with van der Waals surface area (Å²) < 4.78 is 4.97. The third-order valence-electron chi connectivity index (χ3n) is 2.67. The van der Waals surface area contributed by atoms with E-state index in [-0.39, 0.29) is 11.8 Å². The largest absolute Gasteiger partial charge is 0.462 e. The van der Waals surface area contributed by atoms with Crippen LogP contribution in [0, 0.1) is 13.8 Å². The standard InChI is InChI=1S/C13H19NO3/c1-5-7-10(15)12-8(3)11(9(4)14-12)13(16)17-6-2/h14H,5-7H2,1-4H3. The van der Waals surface area contributed by atoms with Crippen molar-refractivity contribution in [2.75, 3.05) is 6.61 Å². The van der Waals surface area contributed by atoms with Crippen LogP contribution in [0.5, 0.6) is 0 Å². The molecule has 4 heteroatoms. The van der Waals surface area contributed by atoms with Gasteiger partial charge in [0, 0.05) is 12.1 Å². The van der Waals surface area contributed by atoms with Crippen LogP contribution in [0.25, 0.3) is 0 Å². The smallest absolute Gasteiger partial charge is 0.340 e. The van der Waals surface area contributed by atoms with Crippen molar-refractivity contribution in [3.8, 4) is 0 Å². The highest BCUT2D eigenvalue weighted by molar-refractivity contribution is 6.01. The minimum absolute atomic E-state index is 0.0450. The van der Waals surface area contributed by atoms with Crippen LogP contribution in [0.2, 0.25) is 0 Å². The van der Waals surface area contributed by atoms with E-state index in [0.717, 1.165) is 6.42 Å². The monoisotopic (exact) mass is 237 g/mol. The molecule has 0 aliphatic carbocycles. The van der Waals surface area contributed by atoms with E-state index in [2.05, 4.69) is 4.98 Å². The molecule has 0 spiro atoms. The lowest BCUT2D eigenvalue weighted by Crippen LogP contribution is -2.07. The van der Waals surface area contributed by atoms with E-state index in [1.165, 1.54) is 0 Å². The summed E-state index contributed by atoms with van der Waals surface area (Å²) in [5.41, 5.74) is 2.42. The Balaban J connectivity index is 3.09. The number of aromatic amines is 1. The maximum atomic E-state index is 11.8. The summed E-state index contributed by atoms with van der Waals surface area (Å²) in [6.45, 7) is 7.61. The Bertz CT molecular complexity index is 432. The number of aryl methyl sites for hydroxylation is 1. The van der Waals surface area contributed by atoms with Gasteiger partial charge in [-0.1, -0.05) is 6.92 Å². The zero-order valence-corrected chi connectivity index (χ0v) is 10.8. The number of hydrogen-bond donors (Lipinski definition) is 1. The molecular formula is C13H19NO3. The average molecular weight is 237 g/mol. The Hall–Kier alpha value is -1.58. The second kappa shape index (κ2) is 5.66. The van der Waals surface area contributed by atoms with Gasteiger partial charge < -0.3 is 9.72 Å². The third kappa shape index (κ3) is 2.75. The number of hydrogen-bond acceptors (Lipinski definition) is 3. The zero-order chi connectivity index (χ0) is 13.0. The van der Waals surface area contributed by atoms with E-state index < -0.39 is 0 Å². The van der Waals surface area contributed by atoms with Gasteiger partial charge in [-0.25, -0.2) is 4.79 Å². The molecule has 0 aromatic carbocycles. The van der Waals surface area contributed by atoms with Crippen molar-refractivity contribution in [1.82, 2.24) is 4.98 Å². The molecule has 1 rings (SSSR count). The minimum atomic E-state index is -0.366. The lowest BCUT2D eigenvalue weighted by atomic mass is 10.1. The zero-order valence-electron chi connectivity index (χ0n) is 10.8. The van der Waals surface area contributed by atoms with Crippen LogP contribution >= 0.6 is 0 Å². The normalized spacial score (nSPS) is 10.4. The number of ether oxygens (including phenoxy) is 1. The van der Waals surface area contributed by atoms with E-state index in [4.69, 9.17) is 4.74 Å². The number of ketones is 1. The lowest BCUT2D eigenvalue weighted by Gasteiger charge is -2.02. The van der Waals surface area contributed by atoms with Crippen LogP contribution in [-0.2, 0) is 4.74 Å². The van der Waals surface area contributed by atoms with Crippen LogP contribution in [-0.4, -0.2) is 23.3 Å².